The SMILES string of the molecule is CC1CCN(CC2Cc3ccccc3S2)C(C)C1. The molecule has 1 fully saturated rings. The summed E-state index contributed by atoms with van der Waals surface area (Å²) in [5, 5.41) is 0.776. The molecule has 0 radical (unpaired) electrons. The van der Waals surface area contributed by atoms with E-state index in [4.69, 9.17) is 0 Å². The first-order valence-electron chi connectivity index (χ1n) is 7.21. The molecule has 0 aliphatic carbocycles. The Bertz CT molecular complexity index is 392. The van der Waals surface area contributed by atoms with Crippen molar-refractivity contribution in [1.82, 2.24) is 4.90 Å². The highest BCUT2D eigenvalue weighted by Gasteiger charge is 2.28. The van der Waals surface area contributed by atoms with Crippen molar-refractivity contribution in [3.63, 3.8) is 0 Å². The van der Waals surface area contributed by atoms with Crippen LogP contribution in [-0.4, -0.2) is 29.3 Å². The van der Waals surface area contributed by atoms with Crippen LogP contribution in [0.3, 0.4) is 0 Å². The molecule has 1 saturated heterocycles. The molecule has 3 atom stereocenters. The Morgan fingerprint density at radius 1 is 1.28 bits per heavy atom. The lowest BCUT2D eigenvalue weighted by Gasteiger charge is -2.37. The van der Waals surface area contributed by atoms with Gasteiger partial charge in [-0.1, -0.05) is 25.1 Å². The summed E-state index contributed by atoms with van der Waals surface area (Å²) in [5.41, 5.74) is 1.56. The van der Waals surface area contributed by atoms with Gasteiger partial charge in [0.25, 0.3) is 0 Å². The lowest BCUT2D eigenvalue weighted by molar-refractivity contribution is 0.130. The van der Waals surface area contributed by atoms with Crippen LogP contribution in [-0.2, 0) is 6.42 Å². The standard InChI is InChI=1S/C16H23NS/c1-12-7-8-17(13(2)9-12)11-15-10-14-5-3-4-6-16(14)18-15/h3-6,12-13,15H,7-11H2,1-2H3. The van der Waals surface area contributed by atoms with Gasteiger partial charge in [-0.05, 0) is 50.3 Å². The molecular weight excluding hydrogens is 238 g/mol. The third kappa shape index (κ3) is 2.60. The maximum atomic E-state index is 2.71. The van der Waals surface area contributed by atoms with Gasteiger partial charge in [0.2, 0.25) is 0 Å². The smallest absolute Gasteiger partial charge is 0.0263 e. The minimum Gasteiger partial charge on any atom is -0.300 e. The maximum Gasteiger partial charge on any atom is 0.0263 e. The molecule has 0 bridgehead atoms. The monoisotopic (exact) mass is 261 g/mol. The van der Waals surface area contributed by atoms with Crippen LogP contribution in [0.15, 0.2) is 29.2 Å². The Hall–Kier alpha value is -0.470. The van der Waals surface area contributed by atoms with E-state index in [0.717, 1.165) is 17.2 Å². The van der Waals surface area contributed by atoms with Gasteiger partial charge in [-0.25, -0.2) is 0 Å². The molecule has 1 aromatic carbocycles. The fourth-order valence-electron chi connectivity index (χ4n) is 3.34. The van der Waals surface area contributed by atoms with E-state index in [9.17, 15) is 0 Å². The second kappa shape index (κ2) is 5.26. The zero-order valence-electron chi connectivity index (χ0n) is 11.4. The second-order valence-corrected chi connectivity index (χ2v) is 7.37. The van der Waals surface area contributed by atoms with E-state index in [1.165, 1.54) is 37.2 Å². The Balaban J connectivity index is 1.59. The number of benzene rings is 1. The first-order valence-corrected chi connectivity index (χ1v) is 8.09. The number of nitrogens with zero attached hydrogens (tertiary/aromatic N) is 1. The third-order valence-corrected chi connectivity index (χ3v) is 5.73. The molecule has 0 N–H and O–H groups in total. The van der Waals surface area contributed by atoms with Gasteiger partial charge in [0.1, 0.15) is 0 Å². The highest BCUT2D eigenvalue weighted by molar-refractivity contribution is 8.00. The van der Waals surface area contributed by atoms with Crippen LogP contribution in [0.4, 0.5) is 0 Å². The van der Waals surface area contributed by atoms with Gasteiger partial charge in [-0.3, -0.25) is 4.90 Å². The summed E-state index contributed by atoms with van der Waals surface area (Å²) >= 11 is 2.09. The van der Waals surface area contributed by atoms with Crippen LogP contribution in [0.1, 0.15) is 32.3 Å². The quantitative estimate of drug-likeness (QED) is 0.796. The summed E-state index contributed by atoms with van der Waals surface area (Å²) in [5.74, 6) is 0.921. The van der Waals surface area contributed by atoms with Crippen LogP contribution < -0.4 is 0 Å². The number of hydrogen-bond donors (Lipinski definition) is 0. The van der Waals surface area contributed by atoms with Crippen molar-refractivity contribution < 1.29 is 0 Å². The molecule has 98 valence electrons. The summed E-state index contributed by atoms with van der Waals surface area (Å²) in [6, 6.07) is 9.69. The fourth-order valence-corrected chi connectivity index (χ4v) is 4.69. The first-order chi connectivity index (χ1) is 8.72. The van der Waals surface area contributed by atoms with E-state index >= 15 is 0 Å². The van der Waals surface area contributed by atoms with Crippen LogP contribution >= 0.6 is 11.8 Å². The summed E-state index contributed by atoms with van der Waals surface area (Å²) in [6.45, 7) is 7.37. The minimum absolute atomic E-state index is 0.776. The van der Waals surface area contributed by atoms with Gasteiger partial charge < -0.3 is 0 Å². The Morgan fingerprint density at radius 3 is 2.89 bits per heavy atom. The molecule has 2 heteroatoms. The average molecular weight is 261 g/mol. The molecule has 3 unspecified atom stereocenters. The Labute approximate surface area is 115 Å². The van der Waals surface area contributed by atoms with Gasteiger partial charge >= 0.3 is 0 Å². The number of thioether (sulfide) groups is 1. The highest BCUT2D eigenvalue weighted by atomic mass is 32.2. The van der Waals surface area contributed by atoms with Crippen LogP contribution in [0.2, 0.25) is 0 Å². The minimum atomic E-state index is 0.776. The lowest BCUT2D eigenvalue weighted by atomic mass is 9.93. The van der Waals surface area contributed by atoms with Gasteiger partial charge in [-0.15, -0.1) is 11.8 Å². The van der Waals surface area contributed by atoms with Crippen molar-refractivity contribution in [2.24, 2.45) is 5.92 Å². The molecule has 1 aromatic rings. The van der Waals surface area contributed by atoms with E-state index in [1.54, 1.807) is 5.56 Å². The predicted octanol–water partition coefficient (Wildman–Crippen LogP) is 3.82. The van der Waals surface area contributed by atoms with Crippen LogP contribution in [0.5, 0.6) is 0 Å². The van der Waals surface area contributed by atoms with Gasteiger partial charge in [0, 0.05) is 22.7 Å². The van der Waals surface area contributed by atoms with Crippen molar-refractivity contribution in [3.8, 4) is 0 Å². The van der Waals surface area contributed by atoms with Crippen molar-refractivity contribution in [3.05, 3.63) is 29.8 Å². The average Bonchev–Trinajstić information content (AvgIpc) is 2.75. The van der Waals surface area contributed by atoms with Gasteiger partial charge in [-0.2, -0.15) is 0 Å². The van der Waals surface area contributed by atoms with Crippen LogP contribution in [0, 0.1) is 5.92 Å². The van der Waals surface area contributed by atoms with E-state index in [2.05, 4.69) is 54.8 Å². The van der Waals surface area contributed by atoms with Crippen molar-refractivity contribution in [2.75, 3.05) is 13.1 Å². The summed E-state index contributed by atoms with van der Waals surface area (Å²) < 4.78 is 0. The largest absolute Gasteiger partial charge is 0.300 e. The normalized spacial score (nSPS) is 32.4. The molecule has 18 heavy (non-hydrogen) atoms. The zero-order valence-corrected chi connectivity index (χ0v) is 12.2. The first kappa shape index (κ1) is 12.6. The van der Waals surface area contributed by atoms with Crippen LogP contribution in [0.25, 0.3) is 0 Å². The van der Waals surface area contributed by atoms with Crippen molar-refractivity contribution in [2.45, 2.75) is 49.3 Å². The molecular formula is C16H23NS. The summed E-state index contributed by atoms with van der Waals surface area (Å²) in [7, 11) is 0. The van der Waals surface area contributed by atoms with E-state index in [-0.39, 0.29) is 0 Å². The van der Waals surface area contributed by atoms with E-state index in [0.29, 0.717) is 0 Å². The van der Waals surface area contributed by atoms with Crippen molar-refractivity contribution >= 4 is 11.8 Å². The van der Waals surface area contributed by atoms with E-state index < -0.39 is 0 Å². The number of piperidine rings is 1. The number of rotatable bonds is 2. The Morgan fingerprint density at radius 2 is 2.11 bits per heavy atom. The molecule has 2 aliphatic rings. The Kier molecular flexibility index (Phi) is 3.67. The molecule has 0 saturated carbocycles. The number of likely N-dealkylation sites (tertiary alicyclic amines) is 1. The maximum absolute atomic E-state index is 2.71. The van der Waals surface area contributed by atoms with E-state index in [1.807, 2.05) is 0 Å². The molecule has 1 nitrogen and oxygen atoms in total. The molecule has 2 aliphatic heterocycles. The highest BCUT2D eigenvalue weighted by Crippen LogP contribution is 2.37. The number of hydrogen-bond acceptors (Lipinski definition) is 2. The molecule has 0 spiro atoms. The van der Waals surface area contributed by atoms with Gasteiger partial charge in [0.15, 0.2) is 0 Å². The lowest BCUT2D eigenvalue weighted by Crippen LogP contribution is -2.43. The summed E-state index contributed by atoms with van der Waals surface area (Å²) in [4.78, 5) is 4.23. The van der Waals surface area contributed by atoms with Crippen molar-refractivity contribution in [1.29, 1.82) is 0 Å². The summed E-state index contributed by atoms with van der Waals surface area (Å²) in [6.07, 6.45) is 4.03. The predicted molar refractivity (Wildman–Crippen MR) is 79.2 cm³/mol. The molecule has 3 rings (SSSR count). The molecule has 0 amide bonds. The zero-order chi connectivity index (χ0) is 12.5. The number of fused-ring (bicyclic) bond motifs is 1. The second-order valence-electron chi connectivity index (χ2n) is 6.03. The molecule has 0 aromatic heterocycles. The van der Waals surface area contributed by atoms with Gasteiger partial charge in [0.05, 0.1) is 0 Å². The molecule has 2 heterocycles. The topological polar surface area (TPSA) is 3.24 Å². The fraction of sp³-hybridized carbons (Fsp3) is 0.625. The third-order valence-electron chi connectivity index (χ3n) is 4.43.